The molecule has 4 nitrogen and oxygen atoms in total. The fraction of sp³-hybridized carbons (Fsp3) is 0.500. The van der Waals surface area contributed by atoms with Gasteiger partial charge in [0.05, 0.1) is 5.69 Å². The van der Waals surface area contributed by atoms with E-state index in [1.807, 2.05) is 0 Å². The molecule has 1 aromatic heterocycles. The summed E-state index contributed by atoms with van der Waals surface area (Å²) < 4.78 is 1.63. The van der Waals surface area contributed by atoms with Crippen molar-refractivity contribution in [2.75, 3.05) is 0 Å². The Kier molecular flexibility index (Phi) is 3.76. The second-order valence-corrected chi connectivity index (χ2v) is 2.58. The maximum Gasteiger partial charge on any atom is 0.492 e. The molecule has 0 bridgehead atoms. The number of hydrogen-bond acceptors (Lipinski definition) is 3. The molecule has 0 saturated heterocycles. The lowest BCUT2D eigenvalue weighted by atomic mass is 9.78. The zero-order valence-corrected chi connectivity index (χ0v) is 8.09. The molecule has 0 aromatic carbocycles. The summed E-state index contributed by atoms with van der Waals surface area (Å²) in [5.74, 6) is 0. The Hall–Kier alpha value is -0.515. The highest BCUT2D eigenvalue weighted by Gasteiger charge is 2.20. The van der Waals surface area contributed by atoms with E-state index in [9.17, 15) is 0 Å². The number of nitrogens with zero attached hydrogens (tertiary/aromatic N) is 2. The van der Waals surface area contributed by atoms with Crippen LogP contribution in [0.25, 0.3) is 0 Å². The van der Waals surface area contributed by atoms with Crippen LogP contribution < -0.4 is 5.46 Å². The summed E-state index contributed by atoms with van der Waals surface area (Å²) in [7, 11) is 0.359. The Bertz CT molecular complexity index is 275. The van der Waals surface area contributed by atoms with E-state index in [0.717, 1.165) is 5.69 Å². The molecule has 0 aliphatic heterocycles. The lowest BCUT2D eigenvalue weighted by Crippen LogP contribution is -2.33. The van der Waals surface area contributed by atoms with Crippen molar-refractivity contribution < 1.29 is 10.0 Å². The molecule has 6 heteroatoms. The predicted octanol–water partition coefficient (Wildman–Crippen LogP) is -0.861. The molecule has 0 fully saturated rings. The minimum Gasteiger partial charge on any atom is -0.423 e. The second kappa shape index (κ2) is 3.93. The topological polar surface area (TPSA) is 58.3 Å². The smallest absolute Gasteiger partial charge is 0.423 e. The molecule has 0 radical (unpaired) electrons. The van der Waals surface area contributed by atoms with E-state index in [0.29, 0.717) is 11.2 Å². The summed E-state index contributed by atoms with van der Waals surface area (Å²) >= 11 is 0. The third kappa shape index (κ3) is 1.80. The molecule has 2 N–H and O–H groups in total. The third-order valence-electron chi connectivity index (χ3n) is 1.82. The van der Waals surface area contributed by atoms with E-state index >= 15 is 0 Å². The SMILES string of the molecule is Cc1nn(C)c(C)c1B(O)O.Cl. The molecule has 1 rings (SSSR count). The van der Waals surface area contributed by atoms with Crippen LogP contribution in [0.4, 0.5) is 0 Å². The number of aryl methyl sites for hydroxylation is 2. The molecule has 0 unspecified atom stereocenters. The van der Waals surface area contributed by atoms with Gasteiger partial charge in [-0.15, -0.1) is 12.4 Å². The molecule has 1 heterocycles. The average Bonchev–Trinajstić information content (AvgIpc) is 2.07. The van der Waals surface area contributed by atoms with Gasteiger partial charge in [-0.2, -0.15) is 5.10 Å². The van der Waals surface area contributed by atoms with Gasteiger partial charge >= 0.3 is 7.12 Å². The number of rotatable bonds is 1. The first-order valence-electron chi connectivity index (χ1n) is 3.40. The molecule has 0 amide bonds. The van der Waals surface area contributed by atoms with Crippen molar-refractivity contribution in [3.63, 3.8) is 0 Å². The molecule has 1 aromatic rings. The summed E-state index contributed by atoms with van der Waals surface area (Å²) in [6.07, 6.45) is 0. The average molecular weight is 190 g/mol. The van der Waals surface area contributed by atoms with Crippen LogP contribution in [0.5, 0.6) is 0 Å². The summed E-state index contributed by atoms with van der Waals surface area (Å²) in [6.45, 7) is 3.55. The van der Waals surface area contributed by atoms with Gasteiger partial charge in [0.25, 0.3) is 0 Å². The van der Waals surface area contributed by atoms with Gasteiger partial charge in [0.1, 0.15) is 0 Å². The van der Waals surface area contributed by atoms with E-state index in [2.05, 4.69) is 5.10 Å². The van der Waals surface area contributed by atoms with Gasteiger partial charge in [-0.1, -0.05) is 0 Å². The summed E-state index contributed by atoms with van der Waals surface area (Å²) in [5, 5.41) is 21.8. The van der Waals surface area contributed by atoms with Crippen molar-refractivity contribution in [1.82, 2.24) is 9.78 Å². The first kappa shape index (κ1) is 11.5. The molecular formula is C6H12BClN2O2. The molecule has 0 atom stereocenters. The van der Waals surface area contributed by atoms with Gasteiger partial charge in [-0.25, -0.2) is 0 Å². The lowest BCUT2D eigenvalue weighted by Gasteiger charge is -1.97. The zero-order valence-electron chi connectivity index (χ0n) is 7.27. The van der Waals surface area contributed by atoms with Crippen LogP contribution in [-0.4, -0.2) is 26.9 Å². The van der Waals surface area contributed by atoms with Gasteiger partial charge < -0.3 is 10.0 Å². The number of aromatic nitrogens is 2. The van der Waals surface area contributed by atoms with Crippen molar-refractivity contribution >= 4 is 25.0 Å². The van der Waals surface area contributed by atoms with Gasteiger partial charge in [-0.3, -0.25) is 4.68 Å². The van der Waals surface area contributed by atoms with E-state index in [1.165, 1.54) is 0 Å². The van der Waals surface area contributed by atoms with E-state index in [4.69, 9.17) is 10.0 Å². The van der Waals surface area contributed by atoms with Gasteiger partial charge in [0, 0.05) is 18.2 Å². The third-order valence-corrected chi connectivity index (χ3v) is 1.82. The normalized spacial score (nSPS) is 9.42. The van der Waals surface area contributed by atoms with Gasteiger partial charge in [0.2, 0.25) is 0 Å². The lowest BCUT2D eigenvalue weighted by molar-refractivity contribution is 0.425. The minimum absolute atomic E-state index is 0. The molecule has 0 saturated carbocycles. The van der Waals surface area contributed by atoms with Crippen LogP contribution in [0.2, 0.25) is 0 Å². The summed E-state index contributed by atoms with van der Waals surface area (Å²) in [6, 6.07) is 0. The molecule has 12 heavy (non-hydrogen) atoms. The predicted molar refractivity (Wildman–Crippen MR) is 49.8 cm³/mol. The van der Waals surface area contributed by atoms with Crippen molar-refractivity contribution in [3.05, 3.63) is 11.4 Å². The van der Waals surface area contributed by atoms with Crippen molar-refractivity contribution in [3.8, 4) is 0 Å². The Labute approximate surface area is 77.8 Å². The zero-order chi connectivity index (χ0) is 8.59. The summed E-state index contributed by atoms with van der Waals surface area (Å²) in [5.41, 5.74) is 1.96. The first-order valence-corrected chi connectivity index (χ1v) is 3.40. The van der Waals surface area contributed by atoms with E-state index in [-0.39, 0.29) is 12.4 Å². The molecular weight excluding hydrogens is 178 g/mol. The van der Waals surface area contributed by atoms with Gasteiger partial charge in [-0.05, 0) is 13.8 Å². The molecule has 0 aliphatic carbocycles. The Morgan fingerprint density at radius 2 is 1.83 bits per heavy atom. The maximum atomic E-state index is 8.90. The quantitative estimate of drug-likeness (QED) is 0.567. The van der Waals surface area contributed by atoms with Crippen LogP contribution in [0.15, 0.2) is 0 Å². The Morgan fingerprint density at radius 3 is 2.00 bits per heavy atom. The Balaban J connectivity index is 0.00000121. The second-order valence-electron chi connectivity index (χ2n) is 2.58. The molecule has 68 valence electrons. The fourth-order valence-electron chi connectivity index (χ4n) is 1.16. The highest BCUT2D eigenvalue weighted by Crippen LogP contribution is 1.96. The van der Waals surface area contributed by atoms with Gasteiger partial charge in [0.15, 0.2) is 0 Å². The minimum atomic E-state index is -1.41. The number of halogens is 1. The maximum absolute atomic E-state index is 8.90. The largest absolute Gasteiger partial charge is 0.492 e. The van der Waals surface area contributed by atoms with E-state index < -0.39 is 7.12 Å². The van der Waals surface area contributed by atoms with Crippen LogP contribution in [0.3, 0.4) is 0 Å². The number of hydrogen-bond donors (Lipinski definition) is 2. The fourth-order valence-corrected chi connectivity index (χ4v) is 1.16. The molecule has 0 aliphatic rings. The van der Waals surface area contributed by atoms with E-state index in [1.54, 1.807) is 25.6 Å². The van der Waals surface area contributed by atoms with Crippen LogP contribution in [-0.2, 0) is 7.05 Å². The standard InChI is InChI=1S/C6H11BN2O2.ClH/c1-4-6(7(10)11)5(2)9(3)8-4;/h10-11H,1-3H3;1H. The highest BCUT2D eigenvalue weighted by molar-refractivity contribution is 6.59. The monoisotopic (exact) mass is 190 g/mol. The first-order chi connectivity index (χ1) is 5.04. The highest BCUT2D eigenvalue weighted by atomic mass is 35.5. The molecule has 0 spiro atoms. The van der Waals surface area contributed by atoms with Crippen LogP contribution >= 0.6 is 12.4 Å². The van der Waals surface area contributed by atoms with Crippen molar-refractivity contribution in [1.29, 1.82) is 0 Å². The Morgan fingerprint density at radius 1 is 1.33 bits per heavy atom. The van der Waals surface area contributed by atoms with Crippen LogP contribution in [0, 0.1) is 13.8 Å². The summed E-state index contributed by atoms with van der Waals surface area (Å²) in [4.78, 5) is 0. The van der Waals surface area contributed by atoms with Crippen LogP contribution in [0.1, 0.15) is 11.4 Å². The van der Waals surface area contributed by atoms with Crippen molar-refractivity contribution in [2.24, 2.45) is 7.05 Å². The van der Waals surface area contributed by atoms with Crippen molar-refractivity contribution in [2.45, 2.75) is 13.8 Å².